The molecule has 1 rings (SSSR count). The summed E-state index contributed by atoms with van der Waals surface area (Å²) in [6.45, 7) is 0. The van der Waals surface area contributed by atoms with Crippen LogP contribution in [-0.2, 0) is 4.74 Å². The molecule has 7 heavy (non-hydrogen) atoms. The molecule has 0 bridgehead atoms. The van der Waals surface area contributed by atoms with Crippen molar-refractivity contribution >= 4 is 0 Å². The Labute approximate surface area is 40.9 Å². The van der Waals surface area contributed by atoms with Crippen LogP contribution in [0.4, 0.5) is 4.39 Å². The number of ether oxygens (including phenoxy) is 1. The zero-order valence-electron chi connectivity index (χ0n) is 3.80. The summed E-state index contributed by atoms with van der Waals surface area (Å²) < 4.78 is 16.0. The molecule has 3 heteroatoms. The normalized spacial score (nSPS) is 42.0. The van der Waals surface area contributed by atoms with E-state index in [1.54, 1.807) is 0 Å². The van der Waals surface area contributed by atoms with E-state index in [0.29, 0.717) is 12.8 Å². The first-order chi connectivity index (χ1) is 3.29. The van der Waals surface area contributed by atoms with E-state index >= 15 is 0 Å². The van der Waals surface area contributed by atoms with Crippen LogP contribution in [0.2, 0.25) is 0 Å². The minimum absolute atomic E-state index is 0.334. The van der Waals surface area contributed by atoms with E-state index in [4.69, 9.17) is 5.11 Å². The van der Waals surface area contributed by atoms with Gasteiger partial charge in [0.25, 0.3) is 0 Å². The number of rotatable bonds is 0. The van der Waals surface area contributed by atoms with E-state index in [1.807, 2.05) is 0 Å². The number of hydrogen-bond donors (Lipinski definition) is 1. The summed E-state index contributed by atoms with van der Waals surface area (Å²) in [7, 11) is 0. The second-order valence-electron chi connectivity index (χ2n) is 1.58. The van der Waals surface area contributed by atoms with Gasteiger partial charge in [0.2, 0.25) is 6.36 Å². The molecule has 1 fully saturated rings. The van der Waals surface area contributed by atoms with Gasteiger partial charge in [0.05, 0.1) is 0 Å². The fourth-order valence-electron chi connectivity index (χ4n) is 0.580. The van der Waals surface area contributed by atoms with Crippen LogP contribution in [0.25, 0.3) is 0 Å². The molecule has 42 valence electrons. The van der Waals surface area contributed by atoms with Gasteiger partial charge in [-0.15, -0.1) is 0 Å². The quantitative estimate of drug-likeness (QED) is 0.484. The predicted molar refractivity (Wildman–Crippen MR) is 21.2 cm³/mol. The van der Waals surface area contributed by atoms with Gasteiger partial charge < -0.3 is 9.84 Å². The maximum atomic E-state index is 11.8. The Balaban J connectivity index is 2.26. The molecule has 2 atom stereocenters. The number of aliphatic hydroxyl groups excluding tert-OH is 1. The number of hydrogen-bond acceptors (Lipinski definition) is 2. The van der Waals surface area contributed by atoms with Crippen molar-refractivity contribution in [3.05, 3.63) is 0 Å². The zero-order valence-corrected chi connectivity index (χ0v) is 3.80. The summed E-state index contributed by atoms with van der Waals surface area (Å²) in [6.07, 6.45) is -1.31. The summed E-state index contributed by atoms with van der Waals surface area (Å²) in [6, 6.07) is 0. The third kappa shape index (κ3) is 1.11. The molecule has 0 aromatic carbocycles. The van der Waals surface area contributed by atoms with Crippen molar-refractivity contribution in [2.24, 2.45) is 0 Å². The lowest BCUT2D eigenvalue weighted by molar-refractivity contribution is -0.128. The van der Waals surface area contributed by atoms with E-state index in [-0.39, 0.29) is 0 Å². The molecule has 0 spiro atoms. The molecular formula is C4H7FO2. The fraction of sp³-hybridized carbons (Fsp3) is 1.00. The highest BCUT2D eigenvalue weighted by atomic mass is 19.1. The molecule has 1 saturated heterocycles. The van der Waals surface area contributed by atoms with E-state index < -0.39 is 12.6 Å². The Morgan fingerprint density at radius 1 is 1.57 bits per heavy atom. The standard InChI is InChI=1S/C4H7FO2/c5-3-1-2-4(6)7-3/h3-4,6H,1-2H2. The van der Waals surface area contributed by atoms with Crippen LogP contribution in [0.1, 0.15) is 12.8 Å². The molecule has 2 unspecified atom stereocenters. The first-order valence-electron chi connectivity index (χ1n) is 2.26. The smallest absolute Gasteiger partial charge is 0.201 e. The van der Waals surface area contributed by atoms with Crippen molar-refractivity contribution in [1.82, 2.24) is 0 Å². The zero-order chi connectivity index (χ0) is 5.28. The van der Waals surface area contributed by atoms with Crippen LogP contribution in [0.15, 0.2) is 0 Å². The van der Waals surface area contributed by atoms with Gasteiger partial charge in [0.1, 0.15) is 0 Å². The summed E-state index contributed by atoms with van der Waals surface area (Å²) in [4.78, 5) is 0. The molecule has 0 saturated carbocycles. The Kier molecular flexibility index (Phi) is 1.25. The SMILES string of the molecule is OC1CCC(F)O1. The summed E-state index contributed by atoms with van der Waals surface area (Å²) >= 11 is 0. The van der Waals surface area contributed by atoms with Crippen molar-refractivity contribution in [2.45, 2.75) is 25.5 Å². The molecule has 1 aliphatic rings. The van der Waals surface area contributed by atoms with Crippen molar-refractivity contribution in [2.75, 3.05) is 0 Å². The molecule has 0 aliphatic carbocycles. The van der Waals surface area contributed by atoms with Crippen LogP contribution >= 0.6 is 0 Å². The van der Waals surface area contributed by atoms with Gasteiger partial charge in [-0.05, 0) is 0 Å². The van der Waals surface area contributed by atoms with Gasteiger partial charge >= 0.3 is 0 Å². The molecule has 0 radical (unpaired) electrons. The van der Waals surface area contributed by atoms with Gasteiger partial charge in [-0.2, -0.15) is 0 Å². The number of halogens is 1. The van der Waals surface area contributed by atoms with Crippen LogP contribution in [0.3, 0.4) is 0 Å². The molecule has 1 N–H and O–H groups in total. The van der Waals surface area contributed by atoms with Crippen LogP contribution in [0, 0.1) is 0 Å². The van der Waals surface area contributed by atoms with Crippen molar-refractivity contribution in [3.63, 3.8) is 0 Å². The summed E-state index contributed by atoms with van der Waals surface area (Å²) in [5.41, 5.74) is 0. The Hall–Kier alpha value is -0.150. The first kappa shape index (κ1) is 5.00. The Bertz CT molecular complexity index is 58.7. The highest BCUT2D eigenvalue weighted by molar-refractivity contribution is 4.55. The van der Waals surface area contributed by atoms with Crippen LogP contribution in [0.5, 0.6) is 0 Å². The van der Waals surface area contributed by atoms with Crippen molar-refractivity contribution < 1.29 is 14.2 Å². The van der Waals surface area contributed by atoms with Crippen LogP contribution in [-0.4, -0.2) is 17.8 Å². The van der Waals surface area contributed by atoms with Gasteiger partial charge in [-0.1, -0.05) is 0 Å². The second kappa shape index (κ2) is 1.76. The number of aliphatic hydroxyl groups is 1. The van der Waals surface area contributed by atoms with E-state index in [0.717, 1.165) is 0 Å². The van der Waals surface area contributed by atoms with Crippen LogP contribution < -0.4 is 0 Å². The average Bonchev–Trinajstić information content (AvgIpc) is 1.87. The third-order valence-corrected chi connectivity index (χ3v) is 0.945. The second-order valence-corrected chi connectivity index (χ2v) is 1.58. The maximum Gasteiger partial charge on any atom is 0.201 e. The summed E-state index contributed by atoms with van der Waals surface area (Å²) in [5.74, 6) is 0. The molecule has 0 amide bonds. The van der Waals surface area contributed by atoms with E-state index in [1.165, 1.54) is 0 Å². The molecular weight excluding hydrogens is 99.0 g/mol. The minimum atomic E-state index is -1.23. The van der Waals surface area contributed by atoms with Crippen molar-refractivity contribution in [1.29, 1.82) is 0 Å². The maximum absolute atomic E-state index is 11.8. The average molecular weight is 106 g/mol. The lowest BCUT2D eigenvalue weighted by atomic mass is 10.4. The minimum Gasteiger partial charge on any atom is -0.368 e. The third-order valence-electron chi connectivity index (χ3n) is 0.945. The van der Waals surface area contributed by atoms with Gasteiger partial charge in [-0.25, -0.2) is 4.39 Å². The largest absolute Gasteiger partial charge is 0.368 e. The number of alkyl halides is 1. The highest BCUT2D eigenvalue weighted by Crippen LogP contribution is 2.17. The lowest BCUT2D eigenvalue weighted by Gasteiger charge is -1.97. The molecule has 1 heterocycles. The van der Waals surface area contributed by atoms with E-state index in [9.17, 15) is 4.39 Å². The monoisotopic (exact) mass is 106 g/mol. The molecule has 1 aliphatic heterocycles. The predicted octanol–water partition coefficient (Wildman–Crippen LogP) is 0.411. The lowest BCUT2D eigenvalue weighted by Crippen LogP contribution is -2.04. The van der Waals surface area contributed by atoms with Gasteiger partial charge in [0, 0.05) is 12.8 Å². The fourth-order valence-corrected chi connectivity index (χ4v) is 0.580. The molecule has 2 nitrogen and oxygen atoms in total. The Morgan fingerprint density at radius 3 is 2.43 bits per heavy atom. The van der Waals surface area contributed by atoms with Gasteiger partial charge in [-0.3, -0.25) is 0 Å². The van der Waals surface area contributed by atoms with Crippen molar-refractivity contribution in [3.8, 4) is 0 Å². The first-order valence-corrected chi connectivity index (χ1v) is 2.26. The van der Waals surface area contributed by atoms with Gasteiger partial charge in [0.15, 0.2) is 6.29 Å². The Morgan fingerprint density at radius 2 is 2.29 bits per heavy atom. The molecule has 0 aromatic rings. The summed E-state index contributed by atoms with van der Waals surface area (Å²) in [5, 5.41) is 8.44. The van der Waals surface area contributed by atoms with E-state index in [2.05, 4.69) is 4.74 Å². The molecule has 0 aromatic heterocycles. The topological polar surface area (TPSA) is 29.5 Å². The highest BCUT2D eigenvalue weighted by Gasteiger charge is 2.21.